The molecule has 0 spiro atoms. The number of ether oxygens (including phenoxy) is 1. The van der Waals surface area contributed by atoms with Gasteiger partial charge >= 0.3 is 12.4 Å². The summed E-state index contributed by atoms with van der Waals surface area (Å²) in [5.74, 6) is -0.987. The van der Waals surface area contributed by atoms with E-state index in [1.54, 1.807) is 24.3 Å². The van der Waals surface area contributed by atoms with Crippen LogP contribution < -0.4 is 20.7 Å². The highest BCUT2D eigenvalue weighted by atomic mass is 19.4. The van der Waals surface area contributed by atoms with E-state index in [2.05, 4.69) is 47.4 Å². The molecule has 42 heavy (non-hydrogen) atoms. The quantitative estimate of drug-likeness (QED) is 0.197. The van der Waals surface area contributed by atoms with Crippen LogP contribution in [0.2, 0.25) is 0 Å². The van der Waals surface area contributed by atoms with Crippen molar-refractivity contribution in [2.24, 2.45) is 0 Å². The summed E-state index contributed by atoms with van der Waals surface area (Å²) in [6.45, 7) is 0. The molecule has 216 valence electrons. The molecule has 5 rings (SSSR count). The first kappa shape index (κ1) is 28.3. The summed E-state index contributed by atoms with van der Waals surface area (Å²) in [6, 6.07) is 18.1. The first-order chi connectivity index (χ1) is 20.2. The number of nitrogens with one attached hydrogen (secondary N) is 4. The molecule has 1 heterocycles. The molecule has 0 aliphatic heterocycles. The monoisotopic (exact) mass is 577 g/mol. The van der Waals surface area contributed by atoms with Crippen LogP contribution in [-0.2, 0) is 0 Å². The van der Waals surface area contributed by atoms with Crippen molar-refractivity contribution in [3.05, 3.63) is 101 Å². The Labute approximate surface area is 238 Å². The van der Waals surface area contributed by atoms with E-state index < -0.39 is 30.1 Å². The highest BCUT2D eigenvalue weighted by Gasteiger charge is 2.32. The number of aromatic amines is 1. The minimum Gasteiger partial charge on any atom is -0.404 e. The second-order valence-electron chi connectivity index (χ2n) is 9.48. The van der Waals surface area contributed by atoms with Crippen LogP contribution in [0.15, 0.2) is 78.9 Å². The van der Waals surface area contributed by atoms with E-state index in [1.165, 1.54) is 30.2 Å². The maximum atomic E-state index is 13.1. The number of H-pyrrole nitrogens is 1. The molecule has 0 saturated heterocycles. The van der Waals surface area contributed by atoms with Gasteiger partial charge in [0.25, 0.3) is 11.9 Å². The fourth-order valence-electron chi connectivity index (χ4n) is 4.64. The maximum Gasteiger partial charge on any atom is 0.573 e. The van der Waals surface area contributed by atoms with Crippen LogP contribution in [0.4, 0.5) is 29.6 Å². The molecule has 4 N–H and O–H groups in total. The Morgan fingerprint density at radius 2 is 1.62 bits per heavy atom. The Balaban J connectivity index is 1.39. The van der Waals surface area contributed by atoms with Gasteiger partial charge in [-0.25, -0.2) is 4.79 Å². The molecule has 1 aromatic heterocycles. The lowest BCUT2D eigenvalue weighted by molar-refractivity contribution is -0.274. The van der Waals surface area contributed by atoms with Crippen molar-refractivity contribution in [3.63, 3.8) is 0 Å². The molecule has 3 amide bonds. The predicted molar refractivity (Wildman–Crippen MR) is 149 cm³/mol. The molecule has 10 nitrogen and oxygen atoms in total. The van der Waals surface area contributed by atoms with Gasteiger partial charge in [0.15, 0.2) is 5.75 Å². The molecule has 1 aliphatic rings. The number of rotatable bonds is 8. The summed E-state index contributed by atoms with van der Waals surface area (Å²) in [5.41, 5.74) is 3.88. The van der Waals surface area contributed by atoms with Gasteiger partial charge in [0.05, 0.1) is 11.7 Å². The predicted octanol–water partition coefficient (Wildman–Crippen LogP) is 6.22. The summed E-state index contributed by atoms with van der Waals surface area (Å²) in [4.78, 5) is 25.7. The average Bonchev–Trinajstić information content (AvgIpc) is 3.50. The fourth-order valence-corrected chi connectivity index (χ4v) is 4.64. The Morgan fingerprint density at radius 3 is 2.26 bits per heavy atom. The second kappa shape index (κ2) is 12.5. The Bertz CT molecular complexity index is 1550. The van der Waals surface area contributed by atoms with Gasteiger partial charge in [-0.15, -0.1) is 18.3 Å². The summed E-state index contributed by atoms with van der Waals surface area (Å²) >= 11 is 0. The third-order valence-corrected chi connectivity index (χ3v) is 6.62. The van der Waals surface area contributed by atoms with Crippen LogP contribution >= 0.6 is 0 Å². The Morgan fingerprint density at radius 1 is 0.905 bits per heavy atom. The van der Waals surface area contributed by atoms with E-state index in [1.807, 2.05) is 24.3 Å². The lowest BCUT2D eigenvalue weighted by atomic mass is 9.91. The van der Waals surface area contributed by atoms with Gasteiger partial charge in [0.2, 0.25) is 0 Å². The van der Waals surface area contributed by atoms with E-state index >= 15 is 0 Å². The van der Waals surface area contributed by atoms with Crippen LogP contribution in [0.1, 0.15) is 58.8 Å². The molecule has 1 aliphatic carbocycles. The number of nitrogens with zero attached hydrogens (tertiary/aromatic N) is 3. The van der Waals surface area contributed by atoms with Gasteiger partial charge in [-0.3, -0.25) is 10.1 Å². The number of anilines is 2. The lowest BCUT2D eigenvalue weighted by Gasteiger charge is -2.22. The molecular formula is C29H26F3N7O3. The number of benzene rings is 3. The zero-order valence-corrected chi connectivity index (χ0v) is 22.1. The summed E-state index contributed by atoms with van der Waals surface area (Å²) in [5, 5.41) is 20.8. The van der Waals surface area contributed by atoms with Crippen molar-refractivity contribution < 1.29 is 27.5 Å². The van der Waals surface area contributed by atoms with Crippen LogP contribution in [0.5, 0.6) is 5.75 Å². The Hall–Kier alpha value is -5.20. The van der Waals surface area contributed by atoms with E-state index in [4.69, 9.17) is 0 Å². The van der Waals surface area contributed by atoms with Crippen molar-refractivity contribution in [1.82, 2.24) is 25.9 Å². The zero-order chi connectivity index (χ0) is 29.5. The molecule has 0 saturated carbocycles. The number of allylic oxidation sites excluding steroid dienone is 2. The number of hydrogen-bond donors (Lipinski definition) is 4. The first-order valence-corrected chi connectivity index (χ1v) is 13.1. The molecule has 3 aromatic carbocycles. The van der Waals surface area contributed by atoms with Crippen LogP contribution in [0.25, 0.3) is 5.57 Å². The van der Waals surface area contributed by atoms with E-state index in [9.17, 15) is 22.8 Å². The first-order valence-electron chi connectivity index (χ1n) is 13.1. The minimum absolute atomic E-state index is 0.0169. The average molecular weight is 578 g/mol. The Kier molecular flexibility index (Phi) is 8.46. The number of carbonyl (C=O) groups excluding carboxylic acids is 2. The van der Waals surface area contributed by atoms with E-state index in [0.717, 1.165) is 36.5 Å². The van der Waals surface area contributed by atoms with Gasteiger partial charge in [0.1, 0.15) is 0 Å². The number of aromatic nitrogens is 4. The summed E-state index contributed by atoms with van der Waals surface area (Å²) in [7, 11) is 0. The fraction of sp³-hybridized carbons (Fsp3) is 0.207. The molecule has 1 atom stereocenters. The van der Waals surface area contributed by atoms with Crippen molar-refractivity contribution in [3.8, 4) is 5.75 Å². The van der Waals surface area contributed by atoms with Crippen LogP contribution in [-0.4, -0.2) is 38.9 Å². The lowest BCUT2D eigenvalue weighted by Crippen LogP contribution is -2.33. The molecule has 0 radical (unpaired) electrons. The number of carbonyl (C=O) groups is 2. The van der Waals surface area contributed by atoms with Gasteiger partial charge in [-0.05, 0) is 77.4 Å². The second-order valence-corrected chi connectivity index (χ2v) is 9.48. The van der Waals surface area contributed by atoms with E-state index in [-0.39, 0.29) is 11.6 Å². The molecule has 1 unspecified atom stereocenters. The van der Waals surface area contributed by atoms with E-state index in [0.29, 0.717) is 11.1 Å². The molecule has 0 bridgehead atoms. The number of amides is 3. The number of urea groups is 1. The van der Waals surface area contributed by atoms with Crippen LogP contribution in [0, 0.1) is 0 Å². The van der Waals surface area contributed by atoms with Crippen molar-refractivity contribution >= 4 is 29.1 Å². The highest BCUT2D eigenvalue weighted by Crippen LogP contribution is 2.31. The van der Waals surface area contributed by atoms with Gasteiger partial charge < -0.3 is 15.4 Å². The van der Waals surface area contributed by atoms with Gasteiger partial charge in [0, 0.05) is 5.56 Å². The third-order valence-electron chi connectivity index (χ3n) is 6.62. The van der Waals surface area contributed by atoms with Gasteiger partial charge in [-0.1, -0.05) is 59.7 Å². The SMILES string of the molecule is O=C(Nc1ccccc1OC(F)(F)F)NC(c1ccc(C(=O)Nc2nn[nH]n2)cc1)c1ccc(C2=CCCCC2)cc1. The minimum atomic E-state index is -4.93. The summed E-state index contributed by atoms with van der Waals surface area (Å²) < 4.78 is 42.7. The molecular weight excluding hydrogens is 551 g/mol. The molecule has 0 fully saturated rings. The zero-order valence-electron chi connectivity index (χ0n) is 22.1. The highest BCUT2D eigenvalue weighted by molar-refractivity contribution is 6.03. The van der Waals surface area contributed by atoms with Crippen molar-refractivity contribution in [2.45, 2.75) is 38.1 Å². The number of alkyl halides is 3. The number of tetrazole rings is 1. The van der Waals surface area contributed by atoms with Crippen LogP contribution in [0.3, 0.4) is 0 Å². The van der Waals surface area contributed by atoms with Crippen molar-refractivity contribution in [2.75, 3.05) is 10.6 Å². The standard InChI is InChI=1S/C29H26F3N7O3/c30-29(31,32)42-24-9-5-4-8-23(24)33-28(41)34-25(20-12-10-19(11-13-20)18-6-2-1-3-7-18)21-14-16-22(17-15-21)26(40)35-27-36-38-39-37-27/h4-6,8-17,25H,1-3,7H2,(H2,33,34,41)(H2,35,36,37,38,39,40). The molecule has 4 aromatic rings. The largest absolute Gasteiger partial charge is 0.573 e. The van der Waals surface area contributed by atoms with Crippen molar-refractivity contribution in [1.29, 1.82) is 0 Å². The third kappa shape index (κ3) is 7.30. The number of para-hydroxylation sites is 2. The molecule has 13 heteroatoms. The normalized spacial score (nSPS) is 13.9. The van der Waals surface area contributed by atoms with Gasteiger partial charge in [-0.2, -0.15) is 5.21 Å². The smallest absolute Gasteiger partial charge is 0.404 e. The summed E-state index contributed by atoms with van der Waals surface area (Å²) in [6.07, 6.45) is 1.64. The topological polar surface area (TPSA) is 134 Å². The maximum absolute atomic E-state index is 13.1. The number of halogens is 3. The number of hydrogen-bond acceptors (Lipinski definition) is 6.